The van der Waals surface area contributed by atoms with Gasteiger partial charge in [-0.25, -0.2) is 4.57 Å². The zero-order valence-corrected chi connectivity index (χ0v) is 17.7. The number of nitrogens with zero attached hydrogens (tertiary/aromatic N) is 1. The van der Waals surface area contributed by atoms with Crippen LogP contribution in [0.2, 0.25) is 0 Å². The number of benzene rings is 1. The highest BCUT2D eigenvalue weighted by molar-refractivity contribution is 7.54. The van der Waals surface area contributed by atoms with Gasteiger partial charge in [-0.3, -0.25) is 9.19 Å². The molecule has 2 aliphatic rings. The van der Waals surface area contributed by atoms with Crippen molar-refractivity contribution in [2.45, 2.75) is 51.4 Å². The molecule has 0 radical (unpaired) electrons. The topological polar surface area (TPSA) is 49.8 Å². The molecular weight excluding hydrogens is 369 g/mol. The third kappa shape index (κ3) is 5.94. The highest BCUT2D eigenvalue weighted by atomic mass is 31.2. The van der Waals surface area contributed by atoms with Gasteiger partial charge in [-0.05, 0) is 56.6 Å². The van der Waals surface area contributed by atoms with Gasteiger partial charge in [-0.1, -0.05) is 66.5 Å². The highest BCUT2D eigenvalue weighted by Crippen LogP contribution is 2.48. The lowest BCUT2D eigenvalue weighted by atomic mass is 9.80. The van der Waals surface area contributed by atoms with Gasteiger partial charge >= 0.3 is 7.75 Å². The average Bonchev–Trinajstić information content (AvgIpc) is 2.66. The zero-order valence-electron chi connectivity index (χ0n) is 16.8. The molecule has 1 saturated carbocycles. The molecule has 2 unspecified atom stereocenters. The summed E-state index contributed by atoms with van der Waals surface area (Å²) in [4.78, 5) is 10.3. The molecule has 0 aromatic heterocycles. The second kappa shape index (κ2) is 10.2. The van der Waals surface area contributed by atoms with Crippen LogP contribution in [0.1, 0.15) is 51.4 Å². The third-order valence-corrected chi connectivity index (χ3v) is 7.22. The average molecular weight is 401 g/mol. The Morgan fingerprint density at radius 3 is 2.75 bits per heavy atom. The summed E-state index contributed by atoms with van der Waals surface area (Å²) in [7, 11) is -2.24. The molecule has 3 rings (SSSR count). The minimum Gasteiger partial charge on any atom is -0.308 e. The number of para-hydroxylation sites is 1. The molecule has 0 saturated heterocycles. The maximum Gasteiger partial charge on any atom is 0.432 e. The Morgan fingerprint density at radius 2 is 1.93 bits per heavy atom. The van der Waals surface area contributed by atoms with Gasteiger partial charge in [0.05, 0.1) is 6.61 Å². The molecule has 0 amide bonds. The third-order valence-electron chi connectivity index (χ3n) is 5.72. The SMILES string of the molecule is CN(c1ccccc1)P(=O)(O)OCCC/C1=C/C=C\C=C2\CCCCCC1C2. The van der Waals surface area contributed by atoms with Crippen LogP contribution in [0.25, 0.3) is 0 Å². The van der Waals surface area contributed by atoms with E-state index in [0.717, 1.165) is 19.3 Å². The summed E-state index contributed by atoms with van der Waals surface area (Å²) < 4.78 is 19.3. The number of hydrogen-bond donors (Lipinski definition) is 1. The fraction of sp³-hybridized carbons (Fsp3) is 0.478. The Kier molecular flexibility index (Phi) is 7.73. The Balaban J connectivity index is 1.53. The van der Waals surface area contributed by atoms with E-state index in [9.17, 15) is 9.46 Å². The van der Waals surface area contributed by atoms with Crippen LogP contribution in [-0.4, -0.2) is 18.5 Å². The summed E-state index contributed by atoms with van der Waals surface area (Å²) in [5.74, 6) is 0.601. The molecule has 1 fully saturated rings. The molecule has 1 N–H and O–H groups in total. The summed E-state index contributed by atoms with van der Waals surface area (Å²) in [5.41, 5.74) is 3.69. The quantitative estimate of drug-likeness (QED) is 0.423. The summed E-state index contributed by atoms with van der Waals surface area (Å²) >= 11 is 0. The van der Waals surface area contributed by atoms with E-state index in [1.807, 2.05) is 18.2 Å². The van der Waals surface area contributed by atoms with E-state index in [0.29, 0.717) is 11.6 Å². The molecule has 152 valence electrons. The first-order chi connectivity index (χ1) is 13.6. The second-order valence-electron chi connectivity index (χ2n) is 7.74. The first kappa shape index (κ1) is 21.1. The summed E-state index contributed by atoms with van der Waals surface area (Å²) in [6, 6.07) is 9.18. The number of rotatable bonds is 7. The lowest BCUT2D eigenvalue weighted by Crippen LogP contribution is -2.16. The van der Waals surface area contributed by atoms with Gasteiger partial charge < -0.3 is 4.89 Å². The summed E-state index contributed by atoms with van der Waals surface area (Å²) in [6.45, 7) is 0.279. The molecule has 4 nitrogen and oxygen atoms in total. The van der Waals surface area contributed by atoms with E-state index in [1.165, 1.54) is 42.3 Å². The van der Waals surface area contributed by atoms with Crippen LogP contribution in [0, 0.1) is 5.92 Å². The van der Waals surface area contributed by atoms with Crippen molar-refractivity contribution in [1.29, 1.82) is 0 Å². The molecule has 2 aliphatic carbocycles. The van der Waals surface area contributed by atoms with E-state index >= 15 is 0 Å². The fourth-order valence-electron chi connectivity index (χ4n) is 4.04. The lowest BCUT2D eigenvalue weighted by molar-refractivity contribution is 0.253. The van der Waals surface area contributed by atoms with E-state index in [-0.39, 0.29) is 6.61 Å². The van der Waals surface area contributed by atoms with Crippen molar-refractivity contribution in [2.75, 3.05) is 18.3 Å². The van der Waals surface area contributed by atoms with Crippen molar-refractivity contribution < 1.29 is 14.0 Å². The van der Waals surface area contributed by atoms with Crippen molar-refractivity contribution in [3.8, 4) is 0 Å². The van der Waals surface area contributed by atoms with E-state index in [1.54, 1.807) is 24.8 Å². The Bertz CT molecular complexity index is 769. The number of anilines is 1. The number of allylic oxidation sites excluding steroid dienone is 6. The predicted octanol–water partition coefficient (Wildman–Crippen LogP) is 6.41. The van der Waals surface area contributed by atoms with Gasteiger partial charge in [0, 0.05) is 12.7 Å². The second-order valence-corrected chi connectivity index (χ2v) is 9.58. The minimum absolute atomic E-state index is 0.279. The molecule has 1 aromatic carbocycles. The fourth-order valence-corrected chi connectivity index (χ4v) is 5.00. The first-order valence-corrected chi connectivity index (χ1v) is 11.9. The monoisotopic (exact) mass is 401 g/mol. The van der Waals surface area contributed by atoms with Crippen LogP contribution in [-0.2, 0) is 9.09 Å². The molecule has 2 bridgehead atoms. The molecular formula is C23H32NO3P. The number of hydrogen-bond acceptors (Lipinski definition) is 2. The van der Waals surface area contributed by atoms with Crippen molar-refractivity contribution in [3.63, 3.8) is 0 Å². The normalized spacial score (nSPS) is 26.9. The molecule has 5 heteroatoms. The van der Waals surface area contributed by atoms with Crippen molar-refractivity contribution in [3.05, 3.63) is 65.8 Å². The van der Waals surface area contributed by atoms with E-state index in [2.05, 4.69) is 24.3 Å². The van der Waals surface area contributed by atoms with E-state index < -0.39 is 7.75 Å². The largest absolute Gasteiger partial charge is 0.432 e. The molecule has 0 aliphatic heterocycles. The van der Waals surface area contributed by atoms with Gasteiger partial charge in [0.25, 0.3) is 0 Å². The van der Waals surface area contributed by atoms with Gasteiger partial charge in [0.1, 0.15) is 0 Å². The van der Waals surface area contributed by atoms with Crippen LogP contribution < -0.4 is 4.67 Å². The highest BCUT2D eigenvalue weighted by Gasteiger charge is 2.26. The maximum atomic E-state index is 12.5. The van der Waals surface area contributed by atoms with Crippen molar-refractivity contribution >= 4 is 13.4 Å². The van der Waals surface area contributed by atoms with Gasteiger partial charge in [0.15, 0.2) is 0 Å². The molecule has 2 atom stereocenters. The maximum absolute atomic E-state index is 12.5. The zero-order chi connectivity index (χ0) is 19.8. The number of fused-ring (bicyclic) bond motifs is 2. The van der Waals surface area contributed by atoms with E-state index in [4.69, 9.17) is 4.52 Å². The van der Waals surface area contributed by atoms with Crippen LogP contribution in [0.15, 0.2) is 65.8 Å². The first-order valence-electron chi connectivity index (χ1n) is 10.4. The van der Waals surface area contributed by atoms with Gasteiger partial charge in [-0.15, -0.1) is 0 Å². The van der Waals surface area contributed by atoms with Crippen molar-refractivity contribution in [2.24, 2.45) is 5.92 Å². The van der Waals surface area contributed by atoms with Gasteiger partial charge in [0.2, 0.25) is 0 Å². The smallest absolute Gasteiger partial charge is 0.308 e. The summed E-state index contributed by atoms with van der Waals surface area (Å²) in [6.07, 6.45) is 18.0. The van der Waals surface area contributed by atoms with Crippen molar-refractivity contribution in [1.82, 2.24) is 0 Å². The molecule has 28 heavy (non-hydrogen) atoms. The van der Waals surface area contributed by atoms with Gasteiger partial charge in [-0.2, -0.15) is 0 Å². The van der Waals surface area contributed by atoms with Crippen LogP contribution in [0.4, 0.5) is 5.69 Å². The lowest BCUT2D eigenvalue weighted by Gasteiger charge is -2.26. The summed E-state index contributed by atoms with van der Waals surface area (Å²) in [5, 5.41) is 0. The molecule has 0 heterocycles. The van der Waals surface area contributed by atoms with Crippen LogP contribution in [0.3, 0.4) is 0 Å². The molecule has 1 aromatic rings. The van der Waals surface area contributed by atoms with Crippen LogP contribution in [0.5, 0.6) is 0 Å². The Labute approximate surface area is 169 Å². The van der Waals surface area contributed by atoms with Crippen LogP contribution >= 0.6 is 7.75 Å². The Hall–Kier alpha value is -1.61. The Morgan fingerprint density at radius 1 is 1.14 bits per heavy atom. The minimum atomic E-state index is -3.83. The standard InChI is InChI=1S/C23H32NO3P/c1-24(23-16-6-3-7-17-23)28(25,26)27-18-10-15-21-13-9-8-12-20-11-4-2-5-14-22(21)19-20/h3,6-9,12-13,16-17,22H,2,4-5,10-11,14-15,18-19H2,1H3,(H,25,26)/b9-8-,20-12-,21-13-. The molecule has 0 spiro atoms. The predicted molar refractivity (Wildman–Crippen MR) is 116 cm³/mol.